The van der Waals surface area contributed by atoms with Gasteiger partial charge in [0.25, 0.3) is 0 Å². The number of rotatable bonds is 2. The monoisotopic (exact) mass is 233 g/mol. The van der Waals surface area contributed by atoms with Gasteiger partial charge in [-0.05, 0) is 37.6 Å². The van der Waals surface area contributed by atoms with Crippen LogP contribution in [0.25, 0.3) is 0 Å². The van der Waals surface area contributed by atoms with Crippen molar-refractivity contribution in [3.8, 4) is 0 Å². The molecule has 0 radical (unpaired) electrons. The number of fused-ring (bicyclic) bond motifs is 2. The molecular formula is C13H15NOS. The third-order valence-corrected chi connectivity index (χ3v) is 4.90. The van der Waals surface area contributed by atoms with Crippen molar-refractivity contribution < 1.29 is 4.79 Å². The zero-order chi connectivity index (χ0) is 11.1. The number of thioether (sulfide) groups is 1. The topological polar surface area (TPSA) is 20.3 Å². The molecule has 0 spiro atoms. The Morgan fingerprint density at radius 3 is 2.62 bits per heavy atom. The smallest absolute Gasteiger partial charge is 0.159 e. The van der Waals surface area contributed by atoms with E-state index in [1.165, 1.54) is 24.4 Å². The minimum absolute atomic E-state index is 0.144. The Morgan fingerprint density at radius 2 is 2.12 bits per heavy atom. The average Bonchev–Trinajstić information content (AvgIpc) is 2.91. The van der Waals surface area contributed by atoms with Crippen molar-refractivity contribution in [2.75, 3.05) is 17.2 Å². The molecular weight excluding hydrogens is 218 g/mol. The van der Waals surface area contributed by atoms with Crippen LogP contribution in [0.4, 0.5) is 5.69 Å². The molecule has 3 rings (SSSR count). The first-order chi connectivity index (χ1) is 7.74. The van der Waals surface area contributed by atoms with Crippen LogP contribution >= 0.6 is 11.8 Å². The Kier molecular flexibility index (Phi) is 2.43. The summed E-state index contributed by atoms with van der Waals surface area (Å²) < 4.78 is 0. The summed E-state index contributed by atoms with van der Waals surface area (Å²) in [5.41, 5.74) is 2.08. The summed E-state index contributed by atoms with van der Waals surface area (Å²) in [7, 11) is 0. The molecule has 1 aromatic rings. The molecule has 16 heavy (non-hydrogen) atoms. The molecule has 2 nitrogen and oxygen atoms in total. The maximum Gasteiger partial charge on any atom is 0.159 e. The van der Waals surface area contributed by atoms with Gasteiger partial charge in [0.15, 0.2) is 5.78 Å². The molecule has 0 N–H and O–H groups in total. The summed E-state index contributed by atoms with van der Waals surface area (Å²) in [5, 5.41) is 0.831. The van der Waals surface area contributed by atoms with Crippen LogP contribution in [0.1, 0.15) is 23.7 Å². The molecule has 2 fully saturated rings. The number of benzene rings is 1. The van der Waals surface area contributed by atoms with Crippen molar-refractivity contribution in [2.45, 2.75) is 24.6 Å². The van der Waals surface area contributed by atoms with Crippen molar-refractivity contribution in [3.63, 3.8) is 0 Å². The number of carbonyl (C=O) groups is 1. The zero-order valence-corrected chi connectivity index (χ0v) is 10.2. The highest BCUT2D eigenvalue weighted by molar-refractivity contribution is 8.00. The Balaban J connectivity index is 1.82. The largest absolute Gasteiger partial charge is 0.367 e. The average molecular weight is 233 g/mol. The fourth-order valence-electron chi connectivity index (χ4n) is 2.60. The van der Waals surface area contributed by atoms with E-state index in [0.29, 0.717) is 0 Å². The number of hydrogen-bond acceptors (Lipinski definition) is 3. The first-order valence-electron chi connectivity index (χ1n) is 5.73. The normalized spacial score (nSPS) is 27.4. The number of carbonyl (C=O) groups excluding carboxylic acids is 1. The van der Waals surface area contributed by atoms with E-state index >= 15 is 0 Å². The van der Waals surface area contributed by atoms with E-state index in [1.807, 2.05) is 12.1 Å². The first-order valence-corrected chi connectivity index (χ1v) is 6.78. The molecule has 2 saturated heterocycles. The van der Waals surface area contributed by atoms with E-state index in [2.05, 4.69) is 28.8 Å². The van der Waals surface area contributed by atoms with Crippen LogP contribution in [0.2, 0.25) is 0 Å². The molecule has 0 aromatic heterocycles. The zero-order valence-electron chi connectivity index (χ0n) is 9.35. The van der Waals surface area contributed by atoms with Crippen LogP contribution in [-0.2, 0) is 0 Å². The molecule has 2 aliphatic heterocycles. The van der Waals surface area contributed by atoms with E-state index in [1.54, 1.807) is 6.92 Å². The van der Waals surface area contributed by atoms with E-state index in [4.69, 9.17) is 0 Å². The quantitative estimate of drug-likeness (QED) is 0.732. The van der Waals surface area contributed by atoms with Crippen LogP contribution < -0.4 is 4.90 Å². The standard InChI is InChI=1S/C13H15NOS/c1-9(15)10-2-4-11(5-3-10)14-7-13-6-12(14)8-16-13/h2-5,12-13H,6-8H2,1H3. The molecule has 3 heteroatoms. The minimum atomic E-state index is 0.144. The maximum absolute atomic E-state index is 11.2. The van der Waals surface area contributed by atoms with Gasteiger partial charge in [-0.2, -0.15) is 11.8 Å². The second-order valence-electron chi connectivity index (χ2n) is 4.60. The van der Waals surface area contributed by atoms with Crippen molar-refractivity contribution in [3.05, 3.63) is 29.8 Å². The predicted molar refractivity (Wildman–Crippen MR) is 68.4 cm³/mol. The third kappa shape index (κ3) is 1.63. The van der Waals surface area contributed by atoms with Gasteiger partial charge >= 0.3 is 0 Å². The first kappa shape index (κ1) is 10.2. The summed E-state index contributed by atoms with van der Waals surface area (Å²) >= 11 is 2.10. The SMILES string of the molecule is CC(=O)c1ccc(N2CC3CC2CS3)cc1. The van der Waals surface area contributed by atoms with Crippen LogP contribution in [0.15, 0.2) is 24.3 Å². The fraction of sp³-hybridized carbons (Fsp3) is 0.462. The van der Waals surface area contributed by atoms with Gasteiger partial charge in [0.1, 0.15) is 0 Å². The molecule has 2 atom stereocenters. The van der Waals surface area contributed by atoms with E-state index in [-0.39, 0.29) is 5.78 Å². The Bertz CT molecular complexity index is 414. The highest BCUT2D eigenvalue weighted by Gasteiger charge is 2.38. The molecule has 2 bridgehead atoms. The van der Waals surface area contributed by atoms with Crippen molar-refractivity contribution in [1.82, 2.24) is 0 Å². The van der Waals surface area contributed by atoms with Gasteiger partial charge in [-0.3, -0.25) is 4.79 Å². The lowest BCUT2D eigenvalue weighted by atomic mass is 10.1. The Morgan fingerprint density at radius 1 is 1.38 bits per heavy atom. The van der Waals surface area contributed by atoms with Gasteiger partial charge in [-0.25, -0.2) is 0 Å². The summed E-state index contributed by atoms with van der Waals surface area (Å²) in [6, 6.07) is 8.77. The van der Waals surface area contributed by atoms with Gasteiger partial charge in [0.05, 0.1) is 0 Å². The lowest BCUT2D eigenvalue weighted by Crippen LogP contribution is -2.33. The van der Waals surface area contributed by atoms with Gasteiger partial charge in [0, 0.05) is 34.8 Å². The van der Waals surface area contributed by atoms with Crippen molar-refractivity contribution >= 4 is 23.2 Å². The summed E-state index contributed by atoms with van der Waals surface area (Å²) in [6.07, 6.45) is 1.33. The second kappa shape index (κ2) is 3.81. The molecule has 0 saturated carbocycles. The number of anilines is 1. The molecule has 2 aliphatic rings. The van der Waals surface area contributed by atoms with Crippen LogP contribution in [0.5, 0.6) is 0 Å². The highest BCUT2D eigenvalue weighted by atomic mass is 32.2. The minimum Gasteiger partial charge on any atom is -0.367 e. The van der Waals surface area contributed by atoms with Gasteiger partial charge < -0.3 is 4.90 Å². The fourth-order valence-corrected chi connectivity index (χ4v) is 4.04. The van der Waals surface area contributed by atoms with Gasteiger partial charge in [0.2, 0.25) is 0 Å². The van der Waals surface area contributed by atoms with Crippen molar-refractivity contribution in [2.24, 2.45) is 0 Å². The lowest BCUT2D eigenvalue weighted by Gasteiger charge is -2.28. The summed E-state index contributed by atoms with van der Waals surface area (Å²) in [5.74, 6) is 1.41. The molecule has 2 unspecified atom stereocenters. The number of nitrogens with zero attached hydrogens (tertiary/aromatic N) is 1. The molecule has 84 valence electrons. The third-order valence-electron chi connectivity index (χ3n) is 3.51. The highest BCUT2D eigenvalue weighted by Crippen LogP contribution is 2.39. The second-order valence-corrected chi connectivity index (χ2v) is 5.93. The van der Waals surface area contributed by atoms with E-state index in [9.17, 15) is 4.79 Å². The molecule has 1 aromatic carbocycles. The predicted octanol–water partition coefficient (Wildman–Crippen LogP) is 2.58. The molecule has 0 amide bonds. The molecule has 2 heterocycles. The van der Waals surface area contributed by atoms with Gasteiger partial charge in [-0.1, -0.05) is 0 Å². The number of Topliss-reactive ketones (excluding diaryl/α,β-unsaturated/α-hetero) is 1. The van der Waals surface area contributed by atoms with Crippen molar-refractivity contribution in [1.29, 1.82) is 0 Å². The molecule has 0 aliphatic carbocycles. The number of hydrogen-bond donors (Lipinski definition) is 0. The van der Waals surface area contributed by atoms with E-state index in [0.717, 1.165) is 16.9 Å². The Labute approximate surface area is 100 Å². The summed E-state index contributed by atoms with van der Waals surface area (Å²) in [6.45, 7) is 2.79. The lowest BCUT2D eigenvalue weighted by molar-refractivity contribution is 0.101. The van der Waals surface area contributed by atoms with Crippen LogP contribution in [0.3, 0.4) is 0 Å². The summed E-state index contributed by atoms with van der Waals surface area (Å²) in [4.78, 5) is 13.7. The van der Waals surface area contributed by atoms with Crippen LogP contribution in [-0.4, -0.2) is 29.4 Å². The Hall–Kier alpha value is -0.960. The van der Waals surface area contributed by atoms with Crippen LogP contribution in [0, 0.1) is 0 Å². The number of ketones is 1. The van der Waals surface area contributed by atoms with E-state index < -0.39 is 0 Å². The maximum atomic E-state index is 11.2. The van der Waals surface area contributed by atoms with Gasteiger partial charge in [-0.15, -0.1) is 0 Å².